The van der Waals surface area contributed by atoms with Crippen LogP contribution in [0.15, 0.2) is 61.1 Å². The van der Waals surface area contributed by atoms with Crippen molar-refractivity contribution >= 4 is 11.6 Å². The summed E-state index contributed by atoms with van der Waals surface area (Å²) in [6.07, 6.45) is 9.37. The molecule has 0 bridgehead atoms. The Morgan fingerprint density at radius 1 is 0.955 bits per heavy atom. The van der Waals surface area contributed by atoms with Gasteiger partial charge in [-0.05, 0) is 59.2 Å². The zero-order valence-corrected chi connectivity index (χ0v) is 12.4. The number of aryl methyl sites for hydroxylation is 1. The van der Waals surface area contributed by atoms with Gasteiger partial charge in [0.2, 0.25) is 0 Å². The highest BCUT2D eigenvalue weighted by Crippen LogP contribution is 2.34. The molecule has 0 atom stereocenters. The van der Waals surface area contributed by atoms with Gasteiger partial charge in [-0.2, -0.15) is 0 Å². The van der Waals surface area contributed by atoms with Crippen molar-refractivity contribution < 1.29 is 0 Å². The molecule has 1 aliphatic carbocycles. The van der Waals surface area contributed by atoms with Gasteiger partial charge < -0.3 is 4.98 Å². The molecule has 0 unspecified atom stereocenters. The molecule has 1 aliphatic rings. The monoisotopic (exact) mass is 286 g/mol. The Kier molecular flexibility index (Phi) is 3.36. The zero-order valence-electron chi connectivity index (χ0n) is 12.4. The Bertz CT molecular complexity index is 799. The third-order valence-electron chi connectivity index (χ3n) is 4.30. The van der Waals surface area contributed by atoms with Crippen molar-refractivity contribution in [3.8, 4) is 11.1 Å². The third-order valence-corrected chi connectivity index (χ3v) is 4.30. The highest BCUT2D eigenvalue weighted by atomic mass is 14.8. The molecule has 2 nitrogen and oxygen atoms in total. The second-order valence-corrected chi connectivity index (χ2v) is 5.77. The molecule has 0 saturated carbocycles. The van der Waals surface area contributed by atoms with E-state index in [1.165, 1.54) is 40.7 Å². The maximum Gasteiger partial charge on any atom is 0.0924 e. The lowest BCUT2D eigenvalue weighted by molar-refractivity contribution is 0.824. The van der Waals surface area contributed by atoms with Crippen molar-refractivity contribution in [2.75, 3.05) is 0 Å². The quantitative estimate of drug-likeness (QED) is 0.709. The van der Waals surface area contributed by atoms with Gasteiger partial charge in [0.05, 0.1) is 18.2 Å². The van der Waals surface area contributed by atoms with E-state index in [0.29, 0.717) is 0 Å². The summed E-state index contributed by atoms with van der Waals surface area (Å²) in [4.78, 5) is 7.28. The lowest BCUT2D eigenvalue weighted by Gasteiger charge is -2.20. The first-order valence-corrected chi connectivity index (χ1v) is 7.78. The van der Waals surface area contributed by atoms with Crippen LogP contribution in [0.2, 0.25) is 0 Å². The largest absolute Gasteiger partial charge is 0.345 e. The van der Waals surface area contributed by atoms with Crippen molar-refractivity contribution in [2.45, 2.75) is 19.3 Å². The molecule has 4 rings (SSSR count). The smallest absolute Gasteiger partial charge is 0.0924 e. The maximum absolute atomic E-state index is 4.11. The van der Waals surface area contributed by atoms with Gasteiger partial charge >= 0.3 is 0 Å². The zero-order chi connectivity index (χ0) is 14.8. The predicted octanol–water partition coefficient (Wildman–Crippen LogP) is 4.95. The summed E-state index contributed by atoms with van der Waals surface area (Å²) in [7, 11) is 0. The van der Waals surface area contributed by atoms with Gasteiger partial charge in [0.1, 0.15) is 0 Å². The van der Waals surface area contributed by atoms with Crippen LogP contribution < -0.4 is 0 Å². The molecule has 1 heterocycles. The van der Waals surface area contributed by atoms with E-state index >= 15 is 0 Å². The molecule has 3 aromatic rings. The van der Waals surface area contributed by atoms with Crippen LogP contribution in [0.25, 0.3) is 22.8 Å². The first kappa shape index (κ1) is 13.1. The number of rotatable bonds is 2. The molecule has 1 aromatic heterocycles. The van der Waals surface area contributed by atoms with Gasteiger partial charge in [-0.15, -0.1) is 0 Å². The van der Waals surface area contributed by atoms with Crippen molar-refractivity contribution in [1.82, 2.24) is 9.97 Å². The Labute approximate surface area is 130 Å². The van der Waals surface area contributed by atoms with Gasteiger partial charge in [-0.3, -0.25) is 0 Å². The average Bonchev–Trinajstić information content (AvgIpc) is 3.09. The molecule has 108 valence electrons. The van der Waals surface area contributed by atoms with E-state index in [-0.39, 0.29) is 0 Å². The van der Waals surface area contributed by atoms with E-state index in [2.05, 4.69) is 64.6 Å². The summed E-state index contributed by atoms with van der Waals surface area (Å²) in [5.74, 6) is 0. The summed E-state index contributed by atoms with van der Waals surface area (Å²) in [6, 6.07) is 17.5. The van der Waals surface area contributed by atoms with Crippen LogP contribution in [-0.2, 0) is 6.42 Å². The number of imidazole rings is 1. The molecule has 0 spiro atoms. The molecule has 0 radical (unpaired) electrons. The molecule has 1 N–H and O–H groups in total. The number of nitrogens with one attached hydrogen (secondary N) is 1. The molecule has 2 heteroatoms. The summed E-state index contributed by atoms with van der Waals surface area (Å²) < 4.78 is 0. The second-order valence-electron chi connectivity index (χ2n) is 5.77. The minimum atomic E-state index is 1.08. The summed E-state index contributed by atoms with van der Waals surface area (Å²) >= 11 is 0. The van der Waals surface area contributed by atoms with Gasteiger partial charge in [-0.25, -0.2) is 4.98 Å². The van der Waals surface area contributed by atoms with E-state index in [4.69, 9.17) is 0 Å². The summed E-state index contributed by atoms with van der Waals surface area (Å²) in [5.41, 5.74) is 7.89. The lowest BCUT2D eigenvalue weighted by atomic mass is 9.85. The molecule has 22 heavy (non-hydrogen) atoms. The van der Waals surface area contributed by atoms with E-state index in [1.54, 1.807) is 6.33 Å². The number of hydrogen-bond donors (Lipinski definition) is 1. The summed E-state index contributed by atoms with van der Waals surface area (Å²) in [6.45, 7) is 0. The van der Waals surface area contributed by atoms with Crippen LogP contribution in [-0.4, -0.2) is 9.97 Å². The highest BCUT2D eigenvalue weighted by molar-refractivity contribution is 5.85. The Balaban J connectivity index is 1.80. The van der Waals surface area contributed by atoms with Crippen LogP contribution in [0.5, 0.6) is 0 Å². The van der Waals surface area contributed by atoms with Gasteiger partial charge in [0, 0.05) is 0 Å². The number of H-pyrrole nitrogens is 1. The van der Waals surface area contributed by atoms with Crippen LogP contribution in [0, 0.1) is 0 Å². The fourth-order valence-electron chi connectivity index (χ4n) is 3.19. The molecule has 0 aliphatic heterocycles. The predicted molar refractivity (Wildman–Crippen MR) is 91.3 cm³/mol. The highest BCUT2D eigenvalue weighted by Gasteiger charge is 2.15. The Morgan fingerprint density at radius 2 is 1.86 bits per heavy atom. The average molecular weight is 286 g/mol. The van der Waals surface area contributed by atoms with Crippen molar-refractivity contribution in [1.29, 1.82) is 0 Å². The topological polar surface area (TPSA) is 28.7 Å². The molecule has 2 aromatic carbocycles. The normalized spacial score (nSPS) is 15.7. The Hall–Kier alpha value is -2.61. The van der Waals surface area contributed by atoms with Crippen LogP contribution >= 0.6 is 0 Å². The second kappa shape index (κ2) is 5.64. The third kappa shape index (κ3) is 2.48. The molecule has 0 saturated heterocycles. The molecular weight excluding hydrogens is 268 g/mol. The SMILES string of the molecule is C(=C1CCCc2ccc(-c3ccccc3)cc21)c1cnc[nH]1. The van der Waals surface area contributed by atoms with Crippen molar-refractivity contribution in [3.05, 3.63) is 77.9 Å². The van der Waals surface area contributed by atoms with E-state index in [9.17, 15) is 0 Å². The van der Waals surface area contributed by atoms with Gasteiger partial charge in [-0.1, -0.05) is 42.5 Å². The molecule has 0 fully saturated rings. The van der Waals surface area contributed by atoms with E-state index in [1.807, 2.05) is 6.20 Å². The number of aromatic amines is 1. The van der Waals surface area contributed by atoms with Crippen molar-refractivity contribution in [3.63, 3.8) is 0 Å². The minimum Gasteiger partial charge on any atom is -0.345 e. The standard InChI is InChI=1S/C20H18N2/c1-2-5-15(6-3-1)17-10-9-16-7-4-8-18(20(16)12-17)11-19-13-21-14-22-19/h1-3,5-6,9-14H,4,7-8H2,(H,21,22). The number of benzene rings is 2. The minimum absolute atomic E-state index is 1.08. The number of allylic oxidation sites excluding steroid dienone is 1. The van der Waals surface area contributed by atoms with Crippen LogP contribution in [0.3, 0.4) is 0 Å². The van der Waals surface area contributed by atoms with E-state index in [0.717, 1.165) is 12.1 Å². The first-order valence-electron chi connectivity index (χ1n) is 7.78. The molecular formula is C20H18N2. The number of hydrogen-bond acceptors (Lipinski definition) is 1. The van der Waals surface area contributed by atoms with Gasteiger partial charge in [0.15, 0.2) is 0 Å². The summed E-state index contributed by atoms with van der Waals surface area (Å²) in [5, 5.41) is 0. The number of fused-ring (bicyclic) bond motifs is 1. The van der Waals surface area contributed by atoms with Crippen LogP contribution in [0.4, 0.5) is 0 Å². The van der Waals surface area contributed by atoms with E-state index < -0.39 is 0 Å². The fourth-order valence-corrected chi connectivity index (χ4v) is 3.19. The van der Waals surface area contributed by atoms with Crippen LogP contribution in [0.1, 0.15) is 29.7 Å². The molecule has 0 amide bonds. The number of aromatic nitrogens is 2. The van der Waals surface area contributed by atoms with Gasteiger partial charge in [0.25, 0.3) is 0 Å². The lowest BCUT2D eigenvalue weighted by Crippen LogP contribution is -2.02. The van der Waals surface area contributed by atoms with Crippen molar-refractivity contribution in [2.24, 2.45) is 0 Å². The first-order chi connectivity index (χ1) is 10.9. The maximum atomic E-state index is 4.11. The number of nitrogens with zero attached hydrogens (tertiary/aromatic N) is 1. The fraction of sp³-hybridized carbons (Fsp3) is 0.150. The Morgan fingerprint density at radius 3 is 2.68 bits per heavy atom.